The number of nitrogens with zero attached hydrogens (tertiary/aromatic N) is 3. The first-order chi connectivity index (χ1) is 16.3. The van der Waals surface area contributed by atoms with Crippen LogP contribution in [0.1, 0.15) is 20.8 Å². The van der Waals surface area contributed by atoms with Crippen LogP contribution in [0.25, 0.3) is 16.9 Å². The molecule has 1 aromatic heterocycles. The number of nitro benzene ring substituents is 1. The van der Waals surface area contributed by atoms with Crippen LogP contribution in [0.5, 0.6) is 0 Å². The number of urea groups is 2. The molecule has 0 aliphatic rings. The number of carbonyl (C=O) groups excluding carboxylic acids is 4. The fourth-order valence-electron chi connectivity index (χ4n) is 3.03. The summed E-state index contributed by atoms with van der Waals surface area (Å²) in [7, 11) is 2.59. The molecule has 4 N–H and O–H groups in total. The minimum absolute atomic E-state index is 0.0737. The highest BCUT2D eigenvalue weighted by Crippen LogP contribution is 2.30. The highest BCUT2D eigenvalue weighted by atomic mass is 16.6. The number of aromatic nitrogens is 2. The summed E-state index contributed by atoms with van der Waals surface area (Å²) in [6.07, 6.45) is 0. The smallest absolute Gasteiger partial charge is 0.321 e. The SMILES string of the molecule is CNC(=O)NC(=O)c1nn(-c2cccc([N+](=O)[O-])c2)c(-c2ccccc2)c1C(=O)NC(=O)NC. The van der Waals surface area contributed by atoms with Crippen LogP contribution in [-0.2, 0) is 0 Å². The molecule has 2 aromatic carbocycles. The summed E-state index contributed by atoms with van der Waals surface area (Å²) >= 11 is 0. The number of rotatable bonds is 5. The van der Waals surface area contributed by atoms with Gasteiger partial charge in [-0.15, -0.1) is 0 Å². The summed E-state index contributed by atoms with van der Waals surface area (Å²) in [6.45, 7) is 0. The maximum Gasteiger partial charge on any atom is 0.321 e. The molecule has 6 amide bonds. The molecule has 1 heterocycles. The normalized spacial score (nSPS) is 10.2. The summed E-state index contributed by atoms with van der Waals surface area (Å²) in [5.74, 6) is -2.00. The quantitative estimate of drug-likeness (QED) is 0.326. The Balaban J connectivity index is 2.33. The molecule has 13 nitrogen and oxygen atoms in total. The highest BCUT2D eigenvalue weighted by molar-refractivity contribution is 6.16. The maximum absolute atomic E-state index is 13.1. The first-order valence-electron chi connectivity index (χ1n) is 9.76. The molecule has 0 aliphatic carbocycles. The molecule has 0 unspecified atom stereocenters. The predicted molar refractivity (Wildman–Crippen MR) is 119 cm³/mol. The number of carbonyl (C=O) groups is 4. The van der Waals surface area contributed by atoms with Crippen LogP contribution >= 0.6 is 0 Å². The van der Waals surface area contributed by atoms with Gasteiger partial charge in [0.15, 0.2) is 5.69 Å². The lowest BCUT2D eigenvalue weighted by Gasteiger charge is -2.10. The summed E-state index contributed by atoms with van der Waals surface area (Å²) in [4.78, 5) is 60.2. The molecule has 3 rings (SSSR count). The first kappa shape index (κ1) is 23.6. The van der Waals surface area contributed by atoms with E-state index in [1.54, 1.807) is 30.3 Å². The van der Waals surface area contributed by atoms with E-state index in [-0.39, 0.29) is 22.6 Å². The van der Waals surface area contributed by atoms with E-state index in [1.165, 1.54) is 43.0 Å². The van der Waals surface area contributed by atoms with Gasteiger partial charge in [0, 0.05) is 31.8 Å². The number of amides is 6. The van der Waals surface area contributed by atoms with Gasteiger partial charge in [0.25, 0.3) is 17.5 Å². The number of benzene rings is 2. The molecule has 0 saturated heterocycles. The minimum Gasteiger partial charge on any atom is -0.341 e. The standard InChI is InChI=1S/C21H19N7O6/c1-22-20(31)24-18(29)15-16(19(30)25-21(32)23-2)26-27(17(15)12-7-4-3-5-8-12)13-9-6-10-14(11-13)28(33)34/h3-11H,1-2H3,(H2,22,24,29,31)(H2,23,25,30,32). The third-order valence-corrected chi connectivity index (χ3v) is 4.57. The topological polar surface area (TPSA) is 177 Å². The molecular formula is C21H19N7O6. The van der Waals surface area contributed by atoms with Crippen molar-refractivity contribution in [3.8, 4) is 16.9 Å². The largest absolute Gasteiger partial charge is 0.341 e. The van der Waals surface area contributed by atoms with Gasteiger partial charge in [-0.3, -0.25) is 30.3 Å². The van der Waals surface area contributed by atoms with E-state index in [1.807, 2.05) is 5.32 Å². The molecule has 174 valence electrons. The Labute approximate surface area is 192 Å². The van der Waals surface area contributed by atoms with Gasteiger partial charge in [0.05, 0.1) is 21.9 Å². The van der Waals surface area contributed by atoms with Crippen LogP contribution < -0.4 is 21.3 Å². The Kier molecular flexibility index (Phi) is 6.96. The van der Waals surface area contributed by atoms with Crippen molar-refractivity contribution in [2.75, 3.05) is 14.1 Å². The van der Waals surface area contributed by atoms with Gasteiger partial charge in [0.2, 0.25) is 0 Å². The number of hydrogen-bond acceptors (Lipinski definition) is 7. The van der Waals surface area contributed by atoms with Crippen molar-refractivity contribution >= 4 is 29.6 Å². The monoisotopic (exact) mass is 465 g/mol. The lowest BCUT2D eigenvalue weighted by atomic mass is 10.0. The van der Waals surface area contributed by atoms with E-state index >= 15 is 0 Å². The average Bonchev–Trinajstić information content (AvgIpc) is 3.25. The lowest BCUT2D eigenvalue weighted by Crippen LogP contribution is -2.40. The van der Waals surface area contributed by atoms with Gasteiger partial charge >= 0.3 is 12.1 Å². The van der Waals surface area contributed by atoms with Gasteiger partial charge < -0.3 is 10.6 Å². The van der Waals surface area contributed by atoms with Gasteiger partial charge in [-0.2, -0.15) is 5.10 Å². The third kappa shape index (κ3) is 4.88. The maximum atomic E-state index is 13.1. The molecule has 3 aromatic rings. The van der Waals surface area contributed by atoms with Crippen molar-refractivity contribution in [2.24, 2.45) is 0 Å². The van der Waals surface area contributed by atoms with Crippen molar-refractivity contribution in [2.45, 2.75) is 0 Å². The Morgan fingerprint density at radius 2 is 1.50 bits per heavy atom. The number of nitrogens with one attached hydrogen (secondary N) is 4. The molecule has 0 radical (unpaired) electrons. The van der Waals surface area contributed by atoms with Crippen molar-refractivity contribution in [3.05, 3.63) is 76.0 Å². The number of imide groups is 2. The van der Waals surface area contributed by atoms with Crippen molar-refractivity contribution in [3.63, 3.8) is 0 Å². The number of hydrogen-bond donors (Lipinski definition) is 4. The molecule has 0 bridgehead atoms. The molecule has 0 saturated carbocycles. The molecule has 0 aliphatic heterocycles. The summed E-state index contributed by atoms with van der Waals surface area (Å²) in [5, 5.41) is 24.1. The van der Waals surface area contributed by atoms with Crippen molar-refractivity contribution in [1.82, 2.24) is 31.0 Å². The fourth-order valence-corrected chi connectivity index (χ4v) is 3.03. The third-order valence-electron chi connectivity index (χ3n) is 4.57. The van der Waals surface area contributed by atoms with Gasteiger partial charge in [-0.25, -0.2) is 14.3 Å². The average molecular weight is 465 g/mol. The Hall–Kier alpha value is -5.07. The van der Waals surface area contributed by atoms with Gasteiger partial charge in [-0.1, -0.05) is 36.4 Å². The lowest BCUT2D eigenvalue weighted by molar-refractivity contribution is -0.384. The molecule has 34 heavy (non-hydrogen) atoms. The second-order valence-electron chi connectivity index (χ2n) is 6.69. The Bertz CT molecular complexity index is 1290. The van der Waals surface area contributed by atoms with Crippen LogP contribution in [0.2, 0.25) is 0 Å². The number of nitro groups is 1. The number of non-ortho nitro benzene ring substituents is 1. The predicted octanol–water partition coefficient (Wildman–Crippen LogP) is 1.59. The zero-order valence-electron chi connectivity index (χ0n) is 18.0. The summed E-state index contributed by atoms with van der Waals surface area (Å²) < 4.78 is 1.17. The molecule has 0 atom stereocenters. The second kappa shape index (κ2) is 10.0. The van der Waals surface area contributed by atoms with Gasteiger partial charge in [0.1, 0.15) is 0 Å². The zero-order valence-corrected chi connectivity index (χ0v) is 18.0. The molecule has 0 fully saturated rings. The van der Waals surface area contributed by atoms with Crippen LogP contribution in [0.4, 0.5) is 15.3 Å². The van der Waals surface area contributed by atoms with E-state index in [0.717, 1.165) is 0 Å². The summed E-state index contributed by atoms with van der Waals surface area (Å²) in [6, 6.07) is 12.0. The van der Waals surface area contributed by atoms with E-state index in [4.69, 9.17) is 0 Å². The molecular weight excluding hydrogens is 446 g/mol. The van der Waals surface area contributed by atoms with E-state index in [2.05, 4.69) is 21.0 Å². The van der Waals surface area contributed by atoms with Crippen LogP contribution in [0.15, 0.2) is 54.6 Å². The van der Waals surface area contributed by atoms with Gasteiger partial charge in [-0.05, 0) is 6.07 Å². The van der Waals surface area contributed by atoms with E-state index in [0.29, 0.717) is 5.56 Å². The minimum atomic E-state index is -1.03. The molecule has 0 spiro atoms. The Morgan fingerprint density at radius 3 is 2.09 bits per heavy atom. The summed E-state index contributed by atoms with van der Waals surface area (Å²) in [5.41, 5.74) is -0.383. The first-order valence-corrected chi connectivity index (χ1v) is 9.76. The second-order valence-corrected chi connectivity index (χ2v) is 6.69. The fraction of sp³-hybridized carbons (Fsp3) is 0.0952. The van der Waals surface area contributed by atoms with Crippen LogP contribution in [0.3, 0.4) is 0 Å². The van der Waals surface area contributed by atoms with E-state index in [9.17, 15) is 29.3 Å². The van der Waals surface area contributed by atoms with Crippen LogP contribution in [-0.4, -0.2) is 52.7 Å². The van der Waals surface area contributed by atoms with Crippen molar-refractivity contribution < 1.29 is 24.1 Å². The van der Waals surface area contributed by atoms with Crippen molar-refractivity contribution in [1.29, 1.82) is 0 Å². The van der Waals surface area contributed by atoms with Crippen LogP contribution in [0, 0.1) is 10.1 Å². The zero-order chi connectivity index (χ0) is 24.8. The highest BCUT2D eigenvalue weighted by Gasteiger charge is 2.31. The molecule has 13 heteroatoms. The van der Waals surface area contributed by atoms with E-state index < -0.39 is 34.5 Å². The Morgan fingerprint density at radius 1 is 0.882 bits per heavy atom.